The monoisotopic (exact) mass is 207 g/mol. The number of rotatable bonds is 4. The summed E-state index contributed by atoms with van der Waals surface area (Å²) < 4.78 is 0. The van der Waals surface area contributed by atoms with Crippen LogP contribution in [0.2, 0.25) is 0 Å². The molecule has 0 saturated heterocycles. The molecule has 0 heterocycles. The van der Waals surface area contributed by atoms with Gasteiger partial charge in [0.15, 0.2) is 0 Å². The topological polar surface area (TPSA) is 63.3 Å². The summed E-state index contributed by atoms with van der Waals surface area (Å²) >= 11 is 0. The third kappa shape index (κ3) is 2.80. The largest absolute Gasteiger partial charge is 0.478 e. The van der Waals surface area contributed by atoms with Crippen molar-refractivity contribution < 1.29 is 9.90 Å². The van der Waals surface area contributed by atoms with Crippen LogP contribution in [0.4, 0.5) is 0 Å². The Morgan fingerprint density at radius 3 is 2.33 bits per heavy atom. The predicted octanol–water partition coefficient (Wildman–Crippen LogP) is 2.43. The Morgan fingerprint density at radius 1 is 1.40 bits per heavy atom. The SMILES string of the molecule is CCC(C)[C@@H](N)c1ccc(C(=O)O)cc1. The molecule has 15 heavy (non-hydrogen) atoms. The molecule has 0 fully saturated rings. The molecule has 0 aliphatic carbocycles. The fourth-order valence-corrected chi connectivity index (χ4v) is 1.43. The van der Waals surface area contributed by atoms with E-state index in [1.807, 2.05) is 0 Å². The number of nitrogens with two attached hydrogens (primary N) is 1. The number of carboxylic acids is 1. The molecule has 3 N–H and O–H groups in total. The standard InChI is InChI=1S/C12H17NO2/c1-3-8(2)11(13)9-4-6-10(7-5-9)12(14)15/h4-8,11H,3,13H2,1-2H3,(H,14,15)/t8?,11-/m1/s1. The van der Waals surface area contributed by atoms with Crippen LogP contribution in [0, 0.1) is 5.92 Å². The van der Waals surface area contributed by atoms with E-state index in [1.54, 1.807) is 24.3 Å². The Morgan fingerprint density at radius 2 is 1.93 bits per heavy atom. The van der Waals surface area contributed by atoms with E-state index in [9.17, 15) is 4.79 Å². The van der Waals surface area contributed by atoms with E-state index in [0.717, 1.165) is 12.0 Å². The quantitative estimate of drug-likeness (QED) is 0.797. The second-order valence-corrected chi connectivity index (χ2v) is 3.84. The highest BCUT2D eigenvalue weighted by atomic mass is 16.4. The van der Waals surface area contributed by atoms with Gasteiger partial charge in [-0.3, -0.25) is 0 Å². The Balaban J connectivity index is 2.84. The lowest BCUT2D eigenvalue weighted by Crippen LogP contribution is -2.18. The number of benzene rings is 1. The molecule has 0 aromatic heterocycles. The molecule has 0 bridgehead atoms. The molecule has 1 aromatic carbocycles. The van der Waals surface area contributed by atoms with Crippen molar-refractivity contribution in [2.75, 3.05) is 0 Å². The van der Waals surface area contributed by atoms with Gasteiger partial charge in [0.25, 0.3) is 0 Å². The Hall–Kier alpha value is -1.35. The van der Waals surface area contributed by atoms with Crippen molar-refractivity contribution in [2.24, 2.45) is 11.7 Å². The minimum Gasteiger partial charge on any atom is -0.478 e. The molecule has 82 valence electrons. The normalized spacial score (nSPS) is 14.6. The van der Waals surface area contributed by atoms with Crippen LogP contribution in [0.3, 0.4) is 0 Å². The van der Waals surface area contributed by atoms with Crippen LogP contribution < -0.4 is 5.73 Å². The van der Waals surface area contributed by atoms with Gasteiger partial charge in [0, 0.05) is 6.04 Å². The highest BCUT2D eigenvalue weighted by Gasteiger charge is 2.13. The van der Waals surface area contributed by atoms with Crippen molar-refractivity contribution in [2.45, 2.75) is 26.3 Å². The first-order valence-corrected chi connectivity index (χ1v) is 5.15. The Kier molecular flexibility index (Phi) is 3.86. The third-order valence-corrected chi connectivity index (χ3v) is 2.80. The molecule has 3 heteroatoms. The van der Waals surface area contributed by atoms with Gasteiger partial charge in [-0.2, -0.15) is 0 Å². The van der Waals surface area contributed by atoms with E-state index in [-0.39, 0.29) is 6.04 Å². The fraction of sp³-hybridized carbons (Fsp3) is 0.417. The van der Waals surface area contributed by atoms with Crippen molar-refractivity contribution in [3.63, 3.8) is 0 Å². The van der Waals surface area contributed by atoms with Crippen molar-refractivity contribution in [1.29, 1.82) is 0 Å². The number of carbonyl (C=O) groups is 1. The first-order valence-electron chi connectivity index (χ1n) is 5.15. The van der Waals surface area contributed by atoms with Crippen molar-refractivity contribution in [3.8, 4) is 0 Å². The summed E-state index contributed by atoms with van der Waals surface area (Å²) in [5, 5.41) is 8.74. The Labute approximate surface area is 89.9 Å². The molecular weight excluding hydrogens is 190 g/mol. The summed E-state index contributed by atoms with van der Waals surface area (Å²) in [7, 11) is 0. The minimum absolute atomic E-state index is 0.0159. The van der Waals surface area contributed by atoms with E-state index in [0.29, 0.717) is 11.5 Å². The fourth-order valence-electron chi connectivity index (χ4n) is 1.43. The molecular formula is C12H17NO2. The van der Waals surface area contributed by atoms with Crippen molar-refractivity contribution >= 4 is 5.97 Å². The van der Waals surface area contributed by atoms with Gasteiger partial charge >= 0.3 is 5.97 Å². The summed E-state index contributed by atoms with van der Waals surface area (Å²) in [4.78, 5) is 10.6. The average Bonchev–Trinajstić information content (AvgIpc) is 2.27. The molecule has 2 atom stereocenters. The lowest BCUT2D eigenvalue weighted by Gasteiger charge is -2.18. The van der Waals surface area contributed by atoms with Crippen LogP contribution in [-0.2, 0) is 0 Å². The lowest BCUT2D eigenvalue weighted by molar-refractivity contribution is 0.0697. The van der Waals surface area contributed by atoms with E-state index < -0.39 is 5.97 Å². The van der Waals surface area contributed by atoms with Crippen LogP contribution >= 0.6 is 0 Å². The zero-order valence-electron chi connectivity index (χ0n) is 9.10. The van der Waals surface area contributed by atoms with E-state index in [1.165, 1.54) is 0 Å². The third-order valence-electron chi connectivity index (χ3n) is 2.80. The Bertz CT molecular complexity index is 332. The summed E-state index contributed by atoms with van der Waals surface area (Å²) in [5.74, 6) is -0.501. The molecule has 1 aromatic rings. The number of hydrogen-bond acceptors (Lipinski definition) is 2. The molecule has 0 aliphatic heterocycles. The van der Waals surface area contributed by atoms with Crippen LogP contribution in [0.25, 0.3) is 0 Å². The molecule has 0 aliphatic rings. The highest BCUT2D eigenvalue weighted by molar-refractivity contribution is 5.87. The molecule has 0 saturated carbocycles. The average molecular weight is 207 g/mol. The van der Waals surface area contributed by atoms with Crippen LogP contribution in [0.1, 0.15) is 42.2 Å². The number of carboxylic acid groups (broad SMARTS) is 1. The summed E-state index contributed by atoms with van der Waals surface area (Å²) in [6.45, 7) is 4.19. The molecule has 0 spiro atoms. The lowest BCUT2D eigenvalue weighted by atomic mass is 9.93. The molecule has 1 rings (SSSR count). The number of aromatic carboxylic acids is 1. The number of hydrogen-bond donors (Lipinski definition) is 2. The minimum atomic E-state index is -0.904. The maximum absolute atomic E-state index is 10.6. The van der Waals surface area contributed by atoms with E-state index in [4.69, 9.17) is 10.8 Å². The first-order chi connectivity index (χ1) is 7.06. The van der Waals surface area contributed by atoms with Gasteiger partial charge in [-0.05, 0) is 23.6 Å². The van der Waals surface area contributed by atoms with Gasteiger partial charge in [-0.25, -0.2) is 4.79 Å². The van der Waals surface area contributed by atoms with Crippen molar-refractivity contribution in [1.82, 2.24) is 0 Å². The maximum atomic E-state index is 10.6. The van der Waals surface area contributed by atoms with E-state index in [2.05, 4.69) is 13.8 Å². The second kappa shape index (κ2) is 4.94. The van der Waals surface area contributed by atoms with Crippen LogP contribution in [0.5, 0.6) is 0 Å². The summed E-state index contributed by atoms with van der Waals surface area (Å²) in [5.41, 5.74) is 7.32. The first kappa shape index (κ1) is 11.7. The van der Waals surface area contributed by atoms with Crippen LogP contribution in [0.15, 0.2) is 24.3 Å². The van der Waals surface area contributed by atoms with Gasteiger partial charge in [-0.15, -0.1) is 0 Å². The van der Waals surface area contributed by atoms with E-state index >= 15 is 0 Å². The van der Waals surface area contributed by atoms with Crippen molar-refractivity contribution in [3.05, 3.63) is 35.4 Å². The van der Waals surface area contributed by atoms with Gasteiger partial charge in [0.1, 0.15) is 0 Å². The molecule has 0 amide bonds. The predicted molar refractivity (Wildman–Crippen MR) is 59.8 cm³/mol. The molecule has 1 unspecified atom stereocenters. The molecule has 0 radical (unpaired) electrons. The zero-order valence-corrected chi connectivity index (χ0v) is 9.10. The maximum Gasteiger partial charge on any atom is 0.335 e. The van der Waals surface area contributed by atoms with Gasteiger partial charge in [0.2, 0.25) is 0 Å². The summed E-state index contributed by atoms with van der Waals surface area (Å²) in [6, 6.07) is 6.76. The smallest absolute Gasteiger partial charge is 0.335 e. The van der Waals surface area contributed by atoms with Gasteiger partial charge < -0.3 is 10.8 Å². The van der Waals surface area contributed by atoms with Crippen LogP contribution in [-0.4, -0.2) is 11.1 Å². The second-order valence-electron chi connectivity index (χ2n) is 3.84. The highest BCUT2D eigenvalue weighted by Crippen LogP contribution is 2.21. The zero-order chi connectivity index (χ0) is 11.4. The van der Waals surface area contributed by atoms with Gasteiger partial charge in [-0.1, -0.05) is 32.4 Å². The summed E-state index contributed by atoms with van der Waals surface area (Å²) in [6.07, 6.45) is 1.02. The molecule has 3 nitrogen and oxygen atoms in total. The van der Waals surface area contributed by atoms with Gasteiger partial charge in [0.05, 0.1) is 5.56 Å².